The molecule has 0 aromatic rings. The van der Waals surface area contributed by atoms with Gasteiger partial charge in [0.15, 0.2) is 6.07 Å². The molecule has 0 fully saturated rings. The second kappa shape index (κ2) is 23.0. The molecule has 0 spiro atoms. The summed E-state index contributed by atoms with van der Waals surface area (Å²) < 4.78 is 0. The number of hydrogen-bond donors (Lipinski definition) is 3. The molecule has 7 nitrogen and oxygen atoms in total. The summed E-state index contributed by atoms with van der Waals surface area (Å²) in [4.78, 5) is 27.0. The van der Waals surface area contributed by atoms with E-state index in [4.69, 9.17) is 35.0 Å². The molecule has 0 radical (unpaired) electrons. The van der Waals surface area contributed by atoms with Gasteiger partial charge in [-0.3, -0.25) is 9.59 Å². The van der Waals surface area contributed by atoms with Crippen molar-refractivity contribution in [3.8, 4) is 6.07 Å². The van der Waals surface area contributed by atoms with E-state index in [-0.39, 0.29) is 32.5 Å². The zero-order valence-corrected chi connectivity index (χ0v) is 11.4. The quantitative estimate of drug-likeness (QED) is 0.309. The summed E-state index contributed by atoms with van der Waals surface area (Å²) in [5, 5.41) is 29.5. The van der Waals surface area contributed by atoms with E-state index in [2.05, 4.69) is 0 Å². The minimum absolute atomic E-state index is 0. The Morgan fingerprint density at radius 3 is 1.13 bits per heavy atom. The molecule has 0 rings (SSSR count). The number of aliphatic carboxylic acids is 3. The van der Waals surface area contributed by atoms with Crippen LogP contribution in [-0.4, -0.2) is 43.3 Å². The molecule has 80 valence electrons. The van der Waals surface area contributed by atoms with Gasteiger partial charge in [-0.1, -0.05) is 0 Å². The van der Waals surface area contributed by atoms with Crippen LogP contribution in [0.3, 0.4) is 0 Å². The molecule has 0 heterocycles. The van der Waals surface area contributed by atoms with E-state index >= 15 is 0 Å². The summed E-state index contributed by atoms with van der Waals surface area (Å²) in [5.41, 5.74) is 0. The second-order valence-electron chi connectivity index (χ2n) is 1.45. The van der Waals surface area contributed by atoms with E-state index in [1.165, 1.54) is 0 Å². The molecule has 0 aliphatic heterocycles. The van der Waals surface area contributed by atoms with Gasteiger partial charge in [0.2, 0.25) is 0 Å². The van der Waals surface area contributed by atoms with Gasteiger partial charge in [-0.2, -0.15) is 5.26 Å². The first-order chi connectivity index (χ1) is 5.73. The third kappa shape index (κ3) is 3030. The van der Waals surface area contributed by atoms with Gasteiger partial charge < -0.3 is 18.2 Å². The minimum Gasteiger partial charge on any atom is -1.00 e. The Morgan fingerprint density at radius 2 is 1.13 bits per heavy atom. The van der Waals surface area contributed by atoms with Crippen LogP contribution < -0.4 is 0 Å². The van der Waals surface area contributed by atoms with Crippen molar-refractivity contribution in [2.75, 3.05) is 0 Å². The molecule has 0 amide bonds. The monoisotopic (exact) mass is 266 g/mol. The first-order valence-corrected chi connectivity index (χ1v) is 2.76. The predicted molar refractivity (Wildman–Crippen MR) is 47.8 cm³/mol. The topological polar surface area (TPSA) is 136 Å². The molecule has 0 saturated heterocycles. The van der Waals surface area contributed by atoms with Crippen molar-refractivity contribution in [1.82, 2.24) is 0 Å². The third-order valence-corrected chi connectivity index (χ3v) is 0.0956. The zero-order chi connectivity index (χ0) is 11.4. The second-order valence-corrected chi connectivity index (χ2v) is 1.45. The largest absolute Gasteiger partial charge is 2.00 e. The van der Waals surface area contributed by atoms with Crippen LogP contribution in [0.5, 0.6) is 0 Å². The van der Waals surface area contributed by atoms with Gasteiger partial charge in [0.05, 0.1) is 0 Å². The summed E-state index contributed by atoms with van der Waals surface area (Å²) in [7, 11) is 0. The van der Waals surface area contributed by atoms with Gasteiger partial charge in [-0.05, 0) is 0 Å². The molecule has 0 unspecified atom stereocenters. The molecule has 0 aliphatic rings. The standard InChI is InChI=1S/C2HNO2.2C2H4O2.Be.Zn.2H/c3-1-2(4)5;2*1-2(3)4;;;;/h(H,4,5);2*1H3,(H,3,4);;;;/q;;;+2;;2*-1. The maximum absolute atomic E-state index is 9.01. The number of hydrogen-bond acceptors (Lipinski definition) is 4. The van der Waals surface area contributed by atoms with E-state index in [1.807, 2.05) is 0 Å². The first kappa shape index (κ1) is 29.2. The van der Waals surface area contributed by atoms with Crippen LogP contribution >= 0.6 is 0 Å². The summed E-state index contributed by atoms with van der Waals surface area (Å²) in [6.07, 6.45) is 0. The SMILES string of the molecule is CC(=O)O.CC(=O)O.N#CC(=O)O.[Be+2].[H-].[H-].[Zn]. The Kier molecular flexibility index (Phi) is 44.7. The summed E-state index contributed by atoms with van der Waals surface area (Å²) in [6.45, 7) is 2.17. The molecular weight excluding hydrogens is 256 g/mol. The molecule has 0 aliphatic carbocycles. The van der Waals surface area contributed by atoms with Crippen LogP contribution in [-0.2, 0) is 33.9 Å². The number of rotatable bonds is 0. The maximum Gasteiger partial charge on any atom is 2.00 e. The Bertz CT molecular complexity index is 215. The van der Waals surface area contributed by atoms with E-state index in [0.29, 0.717) is 0 Å². The maximum atomic E-state index is 9.01. The molecule has 15 heavy (non-hydrogen) atoms. The molecule has 3 N–H and O–H groups in total. The van der Waals surface area contributed by atoms with Gasteiger partial charge in [-0.15, -0.1) is 0 Å². The third-order valence-electron chi connectivity index (χ3n) is 0.0956. The number of carbonyl (C=O) groups is 3. The van der Waals surface area contributed by atoms with E-state index in [1.54, 1.807) is 0 Å². The van der Waals surface area contributed by atoms with Gasteiger partial charge in [0, 0.05) is 33.3 Å². The van der Waals surface area contributed by atoms with Crippen LogP contribution in [0.2, 0.25) is 0 Å². The zero-order valence-electron chi connectivity index (χ0n) is 10.4. The van der Waals surface area contributed by atoms with Crippen LogP contribution in [0.1, 0.15) is 16.7 Å². The fourth-order valence-electron chi connectivity index (χ4n) is 0. The summed E-state index contributed by atoms with van der Waals surface area (Å²) in [5.74, 6) is -3.11. The molecule has 0 aromatic heterocycles. The first-order valence-electron chi connectivity index (χ1n) is 2.76. The van der Waals surface area contributed by atoms with Crippen molar-refractivity contribution in [3.63, 3.8) is 0 Å². The van der Waals surface area contributed by atoms with Crippen molar-refractivity contribution < 1.29 is 52.0 Å². The van der Waals surface area contributed by atoms with Gasteiger partial charge in [-0.25, -0.2) is 4.79 Å². The Hall–Kier alpha value is -1.31. The van der Waals surface area contributed by atoms with Gasteiger partial charge >= 0.3 is 16.1 Å². The van der Waals surface area contributed by atoms with Crippen molar-refractivity contribution in [2.24, 2.45) is 0 Å². The summed E-state index contributed by atoms with van der Waals surface area (Å²) >= 11 is 0. The number of carboxylic acid groups (broad SMARTS) is 3. The number of nitriles is 1. The van der Waals surface area contributed by atoms with Crippen LogP contribution in [0.25, 0.3) is 0 Å². The van der Waals surface area contributed by atoms with Crippen LogP contribution in [0.15, 0.2) is 0 Å². The van der Waals surface area contributed by atoms with E-state index < -0.39 is 17.9 Å². The smallest absolute Gasteiger partial charge is 1.00 e. The van der Waals surface area contributed by atoms with Gasteiger partial charge in [0.1, 0.15) is 0 Å². The average molecular weight is 268 g/mol. The van der Waals surface area contributed by atoms with E-state index in [0.717, 1.165) is 19.9 Å². The molecular formula is C6H11BeNO6Zn. The van der Waals surface area contributed by atoms with Crippen molar-refractivity contribution in [3.05, 3.63) is 0 Å². The Balaban J connectivity index is -0.0000000159. The molecule has 0 saturated carbocycles. The average Bonchev–Trinajstić information content (AvgIpc) is 1.84. The summed E-state index contributed by atoms with van der Waals surface area (Å²) in [6, 6.07) is 0.944. The molecule has 0 atom stereocenters. The molecule has 9 heteroatoms. The van der Waals surface area contributed by atoms with Crippen molar-refractivity contribution >= 4 is 28.0 Å². The number of nitrogens with zero attached hydrogens (tertiary/aromatic N) is 1. The van der Waals surface area contributed by atoms with Gasteiger partial charge in [0.25, 0.3) is 11.9 Å². The predicted octanol–water partition coefficient (Wildman–Crippen LogP) is -0.382. The van der Waals surface area contributed by atoms with Crippen molar-refractivity contribution in [1.29, 1.82) is 5.26 Å². The van der Waals surface area contributed by atoms with Crippen LogP contribution in [0.4, 0.5) is 0 Å². The number of carboxylic acids is 3. The fourth-order valence-corrected chi connectivity index (χ4v) is 0. The van der Waals surface area contributed by atoms with Crippen LogP contribution in [0, 0.1) is 11.3 Å². The fraction of sp³-hybridized carbons (Fsp3) is 0.333. The molecule has 0 bridgehead atoms. The Labute approximate surface area is 106 Å². The Morgan fingerprint density at radius 1 is 1.07 bits per heavy atom. The normalized spacial score (nSPS) is 5.13. The minimum atomic E-state index is -1.44. The van der Waals surface area contributed by atoms with Crippen molar-refractivity contribution in [2.45, 2.75) is 13.8 Å². The molecule has 0 aromatic carbocycles. The van der Waals surface area contributed by atoms with E-state index in [9.17, 15) is 0 Å².